The summed E-state index contributed by atoms with van der Waals surface area (Å²) < 4.78 is 0. The summed E-state index contributed by atoms with van der Waals surface area (Å²) in [5, 5.41) is 12.1. The Morgan fingerprint density at radius 1 is 1.56 bits per heavy atom. The summed E-state index contributed by atoms with van der Waals surface area (Å²) in [6.07, 6.45) is 0. The Morgan fingerprint density at radius 3 is 2.75 bits per heavy atom. The first-order valence-electron chi connectivity index (χ1n) is 5.18. The summed E-state index contributed by atoms with van der Waals surface area (Å²) in [4.78, 5) is 14.4. The van der Waals surface area contributed by atoms with E-state index < -0.39 is 5.97 Å². The lowest BCUT2D eigenvalue weighted by atomic mass is 10.2. The van der Waals surface area contributed by atoms with Crippen molar-refractivity contribution >= 4 is 17.3 Å². The maximum absolute atomic E-state index is 10.8. The van der Waals surface area contributed by atoms with Crippen molar-refractivity contribution in [2.24, 2.45) is 0 Å². The third kappa shape index (κ3) is 3.92. The third-order valence-electron chi connectivity index (χ3n) is 2.28. The monoisotopic (exact) mass is 242 g/mol. The topological polar surface area (TPSA) is 52.6 Å². The van der Waals surface area contributed by atoms with Gasteiger partial charge in [0.2, 0.25) is 0 Å². The van der Waals surface area contributed by atoms with Gasteiger partial charge in [-0.05, 0) is 32.6 Å². The molecule has 5 heteroatoms. The Labute approximate surface area is 99.9 Å². The van der Waals surface area contributed by atoms with Crippen LogP contribution in [-0.2, 0) is 6.54 Å². The van der Waals surface area contributed by atoms with Gasteiger partial charge in [0.1, 0.15) is 4.88 Å². The number of nitrogens with zero attached hydrogens (tertiary/aromatic N) is 1. The van der Waals surface area contributed by atoms with E-state index in [1.165, 1.54) is 11.3 Å². The van der Waals surface area contributed by atoms with Gasteiger partial charge in [0.05, 0.1) is 0 Å². The Balaban J connectivity index is 2.45. The Hall–Kier alpha value is -0.910. The van der Waals surface area contributed by atoms with Gasteiger partial charge in [0.15, 0.2) is 0 Å². The van der Waals surface area contributed by atoms with Crippen molar-refractivity contribution < 1.29 is 9.90 Å². The van der Waals surface area contributed by atoms with Crippen molar-refractivity contribution in [1.29, 1.82) is 0 Å². The first-order chi connectivity index (χ1) is 7.50. The molecule has 0 bridgehead atoms. The van der Waals surface area contributed by atoms with Gasteiger partial charge >= 0.3 is 5.97 Å². The highest BCUT2D eigenvalue weighted by molar-refractivity contribution is 7.14. The molecule has 0 spiro atoms. The first kappa shape index (κ1) is 13.2. The van der Waals surface area contributed by atoms with Crippen molar-refractivity contribution in [3.05, 3.63) is 21.4 Å². The van der Waals surface area contributed by atoms with Crippen molar-refractivity contribution in [2.75, 3.05) is 27.2 Å². The average Bonchev–Trinajstić information content (AvgIpc) is 2.55. The van der Waals surface area contributed by atoms with Crippen LogP contribution >= 0.6 is 11.3 Å². The molecule has 0 aliphatic heterocycles. The van der Waals surface area contributed by atoms with E-state index in [-0.39, 0.29) is 0 Å². The molecule has 0 unspecified atom stereocenters. The number of aryl methyl sites for hydroxylation is 1. The van der Waals surface area contributed by atoms with Crippen LogP contribution in [0.25, 0.3) is 0 Å². The van der Waals surface area contributed by atoms with Crippen molar-refractivity contribution in [1.82, 2.24) is 10.2 Å². The van der Waals surface area contributed by atoms with Crippen LogP contribution in [0.1, 0.15) is 20.1 Å². The van der Waals surface area contributed by atoms with Crippen LogP contribution in [-0.4, -0.2) is 43.2 Å². The van der Waals surface area contributed by atoms with Gasteiger partial charge in [-0.25, -0.2) is 4.79 Å². The molecule has 0 amide bonds. The summed E-state index contributed by atoms with van der Waals surface area (Å²) in [5.74, 6) is -0.840. The molecular weight excluding hydrogens is 224 g/mol. The van der Waals surface area contributed by atoms with Crippen LogP contribution in [0.3, 0.4) is 0 Å². The molecule has 0 saturated carbocycles. The molecule has 0 saturated heterocycles. The molecule has 4 nitrogen and oxygen atoms in total. The van der Waals surface area contributed by atoms with E-state index in [9.17, 15) is 4.79 Å². The highest BCUT2D eigenvalue weighted by atomic mass is 32.1. The predicted molar refractivity (Wildman–Crippen MR) is 66.3 cm³/mol. The van der Waals surface area contributed by atoms with Gasteiger partial charge in [-0.1, -0.05) is 0 Å². The van der Waals surface area contributed by atoms with Crippen molar-refractivity contribution in [3.8, 4) is 0 Å². The van der Waals surface area contributed by atoms with Gasteiger partial charge in [-0.2, -0.15) is 0 Å². The quantitative estimate of drug-likeness (QED) is 0.741. The molecule has 0 aliphatic carbocycles. The molecule has 2 N–H and O–H groups in total. The fourth-order valence-electron chi connectivity index (χ4n) is 1.33. The van der Waals surface area contributed by atoms with Gasteiger partial charge in [0.25, 0.3) is 0 Å². The Kier molecular flexibility index (Phi) is 4.92. The minimum atomic E-state index is -0.840. The fraction of sp³-hybridized carbons (Fsp3) is 0.545. The van der Waals surface area contributed by atoms with E-state index in [1.54, 1.807) is 6.07 Å². The van der Waals surface area contributed by atoms with Crippen LogP contribution in [0.5, 0.6) is 0 Å². The molecule has 0 aromatic carbocycles. The van der Waals surface area contributed by atoms with Gasteiger partial charge in [-0.3, -0.25) is 0 Å². The Morgan fingerprint density at radius 2 is 2.25 bits per heavy atom. The number of hydrogen-bond acceptors (Lipinski definition) is 4. The average molecular weight is 242 g/mol. The third-order valence-corrected chi connectivity index (χ3v) is 3.36. The number of carboxylic acid groups (broad SMARTS) is 1. The van der Waals surface area contributed by atoms with E-state index >= 15 is 0 Å². The fourth-order valence-corrected chi connectivity index (χ4v) is 2.21. The molecule has 1 aromatic rings. The number of carbonyl (C=O) groups is 1. The lowest BCUT2D eigenvalue weighted by Gasteiger charge is -2.09. The summed E-state index contributed by atoms with van der Waals surface area (Å²) in [6.45, 7) is 4.59. The zero-order valence-electron chi connectivity index (χ0n) is 9.91. The number of hydrogen-bond donors (Lipinski definition) is 2. The minimum Gasteiger partial charge on any atom is -0.477 e. The van der Waals surface area contributed by atoms with Gasteiger partial charge in [0, 0.05) is 24.5 Å². The van der Waals surface area contributed by atoms with Crippen LogP contribution in [0.4, 0.5) is 0 Å². The van der Waals surface area contributed by atoms with E-state index in [1.807, 2.05) is 21.0 Å². The molecule has 1 rings (SSSR count). The van der Waals surface area contributed by atoms with Crippen molar-refractivity contribution in [2.45, 2.75) is 13.5 Å². The lowest BCUT2D eigenvalue weighted by molar-refractivity contribution is 0.0702. The summed E-state index contributed by atoms with van der Waals surface area (Å²) in [7, 11) is 4.06. The molecule has 0 fully saturated rings. The molecule has 16 heavy (non-hydrogen) atoms. The Bertz CT molecular complexity index is 361. The van der Waals surface area contributed by atoms with Crippen LogP contribution in [0, 0.1) is 6.92 Å². The van der Waals surface area contributed by atoms with E-state index in [0.29, 0.717) is 4.88 Å². The number of rotatable bonds is 6. The highest BCUT2D eigenvalue weighted by Gasteiger charge is 2.10. The number of likely N-dealkylation sites (N-methyl/N-ethyl adjacent to an activating group) is 1. The second-order valence-corrected chi connectivity index (χ2v) is 5.23. The lowest BCUT2D eigenvalue weighted by Crippen LogP contribution is -2.26. The molecule has 1 aromatic heterocycles. The smallest absolute Gasteiger partial charge is 0.345 e. The summed E-state index contributed by atoms with van der Waals surface area (Å²) in [5.41, 5.74) is 1.08. The summed E-state index contributed by atoms with van der Waals surface area (Å²) >= 11 is 1.34. The SMILES string of the molecule is Cc1sc(C(=O)O)cc1CNCCN(C)C. The molecule has 0 radical (unpaired) electrons. The second kappa shape index (κ2) is 5.98. The van der Waals surface area contributed by atoms with Gasteiger partial charge in [-0.15, -0.1) is 11.3 Å². The van der Waals surface area contributed by atoms with Crippen LogP contribution < -0.4 is 5.32 Å². The molecular formula is C11H18N2O2S. The number of carboxylic acids is 1. The number of thiophene rings is 1. The molecule has 90 valence electrons. The standard InChI is InChI=1S/C11H18N2O2S/c1-8-9(6-10(16-8)11(14)15)7-12-4-5-13(2)3/h6,12H,4-5,7H2,1-3H3,(H,14,15). The molecule has 0 atom stereocenters. The zero-order valence-corrected chi connectivity index (χ0v) is 10.7. The number of nitrogens with one attached hydrogen (secondary N) is 1. The van der Waals surface area contributed by atoms with Crippen molar-refractivity contribution in [3.63, 3.8) is 0 Å². The maximum atomic E-state index is 10.8. The van der Waals surface area contributed by atoms with E-state index in [2.05, 4.69) is 10.2 Å². The normalized spacial score (nSPS) is 11.0. The second-order valence-electron chi connectivity index (χ2n) is 3.98. The maximum Gasteiger partial charge on any atom is 0.345 e. The largest absolute Gasteiger partial charge is 0.477 e. The molecule has 0 aliphatic rings. The van der Waals surface area contributed by atoms with Crippen LogP contribution in [0.2, 0.25) is 0 Å². The highest BCUT2D eigenvalue weighted by Crippen LogP contribution is 2.21. The summed E-state index contributed by atoms with van der Waals surface area (Å²) in [6, 6.07) is 1.75. The van der Waals surface area contributed by atoms with E-state index in [0.717, 1.165) is 30.1 Å². The molecule has 1 heterocycles. The minimum absolute atomic E-state index is 0.418. The number of aromatic carboxylic acids is 1. The van der Waals surface area contributed by atoms with Crippen LogP contribution in [0.15, 0.2) is 6.07 Å². The first-order valence-corrected chi connectivity index (χ1v) is 6.00. The predicted octanol–water partition coefficient (Wildman–Crippen LogP) is 1.41. The van der Waals surface area contributed by atoms with E-state index in [4.69, 9.17) is 5.11 Å². The van der Waals surface area contributed by atoms with Gasteiger partial charge < -0.3 is 15.3 Å². The zero-order chi connectivity index (χ0) is 12.1.